The predicted octanol–water partition coefficient (Wildman–Crippen LogP) is 2.31. The first-order valence-corrected chi connectivity index (χ1v) is 6.45. The number of hydrogen-bond acceptors (Lipinski definition) is 2. The van der Waals surface area contributed by atoms with Crippen molar-refractivity contribution in [1.82, 2.24) is 10.2 Å². The average molecular weight is 270 g/mol. The van der Waals surface area contributed by atoms with Crippen LogP contribution in [0.1, 0.15) is 26.3 Å². The Morgan fingerprint density at radius 1 is 1.21 bits per heavy atom. The summed E-state index contributed by atoms with van der Waals surface area (Å²) in [5.74, 6) is -1.24. The maximum absolute atomic E-state index is 13.0. The van der Waals surface area contributed by atoms with Gasteiger partial charge in [-0.05, 0) is 38.5 Å². The Hall–Kier alpha value is -1.49. The van der Waals surface area contributed by atoms with Crippen LogP contribution in [0.4, 0.5) is 8.78 Å². The molecule has 0 aromatic heterocycles. The van der Waals surface area contributed by atoms with Crippen molar-refractivity contribution in [2.45, 2.75) is 33.4 Å². The average Bonchev–Trinajstić information content (AvgIpc) is 2.36. The molecule has 0 spiro atoms. The number of carbonyl (C=O) groups is 1. The van der Waals surface area contributed by atoms with Crippen molar-refractivity contribution in [1.29, 1.82) is 0 Å². The van der Waals surface area contributed by atoms with Crippen LogP contribution in [0.2, 0.25) is 0 Å². The molecular formula is C14H20F2N2O. The predicted molar refractivity (Wildman–Crippen MR) is 70.6 cm³/mol. The molecule has 0 heterocycles. The van der Waals surface area contributed by atoms with Crippen molar-refractivity contribution in [2.24, 2.45) is 0 Å². The number of amides is 1. The first-order chi connectivity index (χ1) is 8.97. The van der Waals surface area contributed by atoms with E-state index >= 15 is 0 Å². The second-order valence-electron chi connectivity index (χ2n) is 4.39. The summed E-state index contributed by atoms with van der Waals surface area (Å²) in [6, 6.07) is 2.95. The highest BCUT2D eigenvalue weighted by molar-refractivity contribution is 5.81. The first kappa shape index (κ1) is 15.6. The van der Waals surface area contributed by atoms with Gasteiger partial charge >= 0.3 is 0 Å². The second kappa shape index (κ2) is 7.19. The van der Waals surface area contributed by atoms with E-state index in [-0.39, 0.29) is 18.5 Å². The number of benzene rings is 1. The molecule has 1 aromatic rings. The highest BCUT2D eigenvalue weighted by Crippen LogP contribution is 2.08. The molecule has 0 saturated carbocycles. The van der Waals surface area contributed by atoms with Crippen LogP contribution in [0.5, 0.6) is 0 Å². The lowest BCUT2D eigenvalue weighted by Gasteiger charge is -2.23. The Morgan fingerprint density at radius 3 is 2.21 bits per heavy atom. The number of carbonyl (C=O) groups excluding carboxylic acids is 1. The van der Waals surface area contributed by atoms with Crippen LogP contribution in [0.15, 0.2) is 18.2 Å². The number of likely N-dealkylation sites (N-methyl/N-ethyl adjacent to an activating group) is 1. The van der Waals surface area contributed by atoms with Crippen molar-refractivity contribution in [3.63, 3.8) is 0 Å². The van der Waals surface area contributed by atoms with E-state index < -0.39 is 11.6 Å². The number of nitrogens with zero attached hydrogens (tertiary/aromatic N) is 1. The standard InChI is InChI=1S/C14H20F2N2O/c1-4-18(5-2)14(19)10(3)17-9-11-6-12(15)8-13(16)7-11/h6-8,10,17H,4-5,9H2,1-3H3. The quantitative estimate of drug-likeness (QED) is 0.860. The fraction of sp³-hybridized carbons (Fsp3) is 0.500. The lowest BCUT2D eigenvalue weighted by atomic mass is 10.2. The van der Waals surface area contributed by atoms with Crippen LogP contribution >= 0.6 is 0 Å². The van der Waals surface area contributed by atoms with Crippen LogP contribution in [0, 0.1) is 11.6 Å². The molecule has 1 N–H and O–H groups in total. The van der Waals surface area contributed by atoms with Gasteiger partial charge in [-0.3, -0.25) is 4.79 Å². The first-order valence-electron chi connectivity index (χ1n) is 6.45. The lowest BCUT2D eigenvalue weighted by Crippen LogP contribution is -2.44. The van der Waals surface area contributed by atoms with E-state index in [9.17, 15) is 13.6 Å². The Balaban J connectivity index is 2.58. The van der Waals surface area contributed by atoms with Gasteiger partial charge in [-0.25, -0.2) is 8.78 Å². The zero-order valence-electron chi connectivity index (χ0n) is 11.5. The third-order valence-corrected chi connectivity index (χ3v) is 2.98. The largest absolute Gasteiger partial charge is 0.342 e. The Bertz CT molecular complexity index is 413. The molecule has 0 aliphatic heterocycles. The van der Waals surface area contributed by atoms with E-state index in [4.69, 9.17) is 0 Å². The number of hydrogen-bond donors (Lipinski definition) is 1. The van der Waals surface area contributed by atoms with E-state index in [2.05, 4.69) is 5.32 Å². The normalized spacial score (nSPS) is 12.3. The molecular weight excluding hydrogens is 250 g/mol. The minimum Gasteiger partial charge on any atom is -0.342 e. The summed E-state index contributed by atoms with van der Waals surface area (Å²) in [6.45, 7) is 7.12. The molecule has 0 aliphatic rings. The zero-order chi connectivity index (χ0) is 14.4. The summed E-state index contributed by atoms with van der Waals surface area (Å²) in [6.07, 6.45) is 0. The number of nitrogens with one attached hydrogen (secondary N) is 1. The molecule has 1 atom stereocenters. The molecule has 1 unspecified atom stereocenters. The fourth-order valence-corrected chi connectivity index (χ4v) is 1.88. The molecule has 0 fully saturated rings. The van der Waals surface area contributed by atoms with Crippen LogP contribution in [-0.4, -0.2) is 29.9 Å². The molecule has 0 bridgehead atoms. The smallest absolute Gasteiger partial charge is 0.239 e. The van der Waals surface area contributed by atoms with Crippen molar-refractivity contribution >= 4 is 5.91 Å². The molecule has 3 nitrogen and oxygen atoms in total. The summed E-state index contributed by atoms with van der Waals surface area (Å²) in [5.41, 5.74) is 0.483. The second-order valence-corrected chi connectivity index (χ2v) is 4.39. The van der Waals surface area contributed by atoms with E-state index in [0.29, 0.717) is 18.7 Å². The molecule has 1 rings (SSSR count). The van der Waals surface area contributed by atoms with Crippen molar-refractivity contribution in [2.75, 3.05) is 13.1 Å². The molecule has 0 saturated heterocycles. The van der Waals surface area contributed by atoms with Crippen LogP contribution in [-0.2, 0) is 11.3 Å². The molecule has 0 aliphatic carbocycles. The fourth-order valence-electron chi connectivity index (χ4n) is 1.88. The summed E-state index contributed by atoms with van der Waals surface area (Å²) >= 11 is 0. The van der Waals surface area contributed by atoms with Crippen molar-refractivity contribution in [3.8, 4) is 0 Å². The SMILES string of the molecule is CCN(CC)C(=O)C(C)NCc1cc(F)cc(F)c1. The topological polar surface area (TPSA) is 32.3 Å². The van der Waals surface area contributed by atoms with Gasteiger partial charge in [0.25, 0.3) is 0 Å². The Morgan fingerprint density at radius 2 is 1.74 bits per heavy atom. The molecule has 1 aromatic carbocycles. The Labute approximate surface area is 112 Å². The summed E-state index contributed by atoms with van der Waals surface area (Å²) in [4.78, 5) is 13.7. The van der Waals surface area contributed by atoms with Gasteiger partial charge in [0.15, 0.2) is 0 Å². The minimum absolute atomic E-state index is 0.0122. The lowest BCUT2D eigenvalue weighted by molar-refractivity contribution is -0.132. The van der Waals surface area contributed by atoms with E-state index in [0.717, 1.165) is 6.07 Å². The van der Waals surface area contributed by atoms with E-state index in [1.807, 2.05) is 13.8 Å². The van der Waals surface area contributed by atoms with Crippen molar-refractivity contribution in [3.05, 3.63) is 35.4 Å². The summed E-state index contributed by atoms with van der Waals surface area (Å²) in [5, 5.41) is 2.98. The number of halogens is 2. The summed E-state index contributed by atoms with van der Waals surface area (Å²) in [7, 11) is 0. The van der Waals surface area contributed by atoms with Gasteiger partial charge in [-0.1, -0.05) is 0 Å². The molecule has 0 radical (unpaired) electrons. The highest BCUT2D eigenvalue weighted by atomic mass is 19.1. The molecule has 5 heteroatoms. The molecule has 1 amide bonds. The van der Waals surface area contributed by atoms with Gasteiger partial charge in [0.2, 0.25) is 5.91 Å². The van der Waals surface area contributed by atoms with Crippen LogP contribution < -0.4 is 5.32 Å². The van der Waals surface area contributed by atoms with Gasteiger partial charge in [-0.2, -0.15) is 0 Å². The van der Waals surface area contributed by atoms with Gasteiger partial charge in [0.1, 0.15) is 11.6 Å². The van der Waals surface area contributed by atoms with Crippen LogP contribution in [0.3, 0.4) is 0 Å². The van der Waals surface area contributed by atoms with E-state index in [1.165, 1.54) is 12.1 Å². The van der Waals surface area contributed by atoms with Gasteiger partial charge in [0, 0.05) is 25.7 Å². The maximum atomic E-state index is 13.0. The zero-order valence-corrected chi connectivity index (χ0v) is 11.5. The maximum Gasteiger partial charge on any atom is 0.239 e. The molecule has 19 heavy (non-hydrogen) atoms. The van der Waals surface area contributed by atoms with Gasteiger partial charge in [0.05, 0.1) is 6.04 Å². The van der Waals surface area contributed by atoms with Gasteiger partial charge in [-0.15, -0.1) is 0 Å². The number of rotatable bonds is 6. The van der Waals surface area contributed by atoms with Crippen LogP contribution in [0.25, 0.3) is 0 Å². The third-order valence-electron chi connectivity index (χ3n) is 2.98. The molecule has 106 valence electrons. The monoisotopic (exact) mass is 270 g/mol. The van der Waals surface area contributed by atoms with E-state index in [1.54, 1.807) is 11.8 Å². The van der Waals surface area contributed by atoms with Gasteiger partial charge < -0.3 is 10.2 Å². The summed E-state index contributed by atoms with van der Waals surface area (Å²) < 4.78 is 26.0. The third kappa shape index (κ3) is 4.59. The Kier molecular flexibility index (Phi) is 5.89. The van der Waals surface area contributed by atoms with Crippen molar-refractivity contribution < 1.29 is 13.6 Å². The highest BCUT2D eigenvalue weighted by Gasteiger charge is 2.17. The minimum atomic E-state index is -0.612.